The van der Waals surface area contributed by atoms with Crippen LogP contribution in [0.5, 0.6) is 0 Å². The molecule has 0 spiro atoms. The zero-order chi connectivity index (χ0) is 17.1. The normalized spacial score (nSPS) is 12.8. The molecule has 0 bridgehead atoms. The Balaban J connectivity index is 3.14. The number of hydrogen-bond donors (Lipinski definition) is 2. The summed E-state index contributed by atoms with van der Waals surface area (Å²) in [6.45, 7) is 6.15. The number of nitrogens with one attached hydrogen (secondary N) is 2. The Hall–Kier alpha value is -1.89. The van der Waals surface area contributed by atoms with E-state index < -0.39 is 26.2 Å². The van der Waals surface area contributed by atoms with Crippen LogP contribution < -0.4 is 10.6 Å². The van der Waals surface area contributed by atoms with Gasteiger partial charge in [0.05, 0.1) is 16.5 Å². The molecular weight excluding hydrogens is 304 g/mol. The predicted molar refractivity (Wildman–Crippen MR) is 86.7 cm³/mol. The summed E-state index contributed by atoms with van der Waals surface area (Å²) < 4.78 is 24.1. The molecule has 1 atom stereocenters. The summed E-state index contributed by atoms with van der Waals surface area (Å²) in [7, 11) is -2.07. The highest BCUT2D eigenvalue weighted by atomic mass is 32.2. The van der Waals surface area contributed by atoms with Crippen molar-refractivity contribution in [1.82, 2.24) is 5.32 Å². The lowest BCUT2D eigenvalue weighted by molar-refractivity contribution is -0.115. The van der Waals surface area contributed by atoms with Crippen LogP contribution in [0.1, 0.15) is 36.7 Å². The highest BCUT2D eigenvalue weighted by Crippen LogP contribution is 2.21. The van der Waals surface area contributed by atoms with Crippen molar-refractivity contribution in [2.24, 2.45) is 0 Å². The molecule has 22 heavy (non-hydrogen) atoms. The van der Waals surface area contributed by atoms with Crippen molar-refractivity contribution in [2.45, 2.75) is 38.2 Å². The Morgan fingerprint density at radius 2 is 1.73 bits per heavy atom. The molecule has 1 aromatic carbocycles. The van der Waals surface area contributed by atoms with Crippen LogP contribution in [0.4, 0.5) is 5.69 Å². The highest BCUT2D eigenvalue weighted by molar-refractivity contribution is 7.93. The molecule has 7 heteroatoms. The smallest absolute Gasteiger partial charge is 0.253 e. The van der Waals surface area contributed by atoms with E-state index in [0.717, 1.165) is 0 Å². The molecule has 0 aliphatic heterocycles. The minimum Gasteiger partial charge on any atom is -0.355 e. The Morgan fingerprint density at radius 1 is 1.14 bits per heavy atom. The fourth-order valence-electron chi connectivity index (χ4n) is 1.99. The first-order valence-corrected chi connectivity index (χ1v) is 8.59. The van der Waals surface area contributed by atoms with Crippen molar-refractivity contribution in [2.75, 3.05) is 12.4 Å². The number of amides is 2. The molecule has 0 aromatic heterocycles. The van der Waals surface area contributed by atoms with Crippen LogP contribution in [0.2, 0.25) is 0 Å². The zero-order valence-electron chi connectivity index (χ0n) is 13.4. The van der Waals surface area contributed by atoms with Crippen molar-refractivity contribution in [3.8, 4) is 0 Å². The monoisotopic (exact) mass is 326 g/mol. The van der Waals surface area contributed by atoms with Crippen molar-refractivity contribution < 1.29 is 18.0 Å². The van der Waals surface area contributed by atoms with Gasteiger partial charge in [-0.25, -0.2) is 8.42 Å². The van der Waals surface area contributed by atoms with E-state index >= 15 is 0 Å². The highest BCUT2D eigenvalue weighted by Gasteiger charge is 2.31. The molecule has 0 saturated heterocycles. The number of benzene rings is 1. The maximum Gasteiger partial charge on any atom is 0.253 e. The standard InChI is InChI=1S/C15H22N2O4S/c1-9(2)22(20,21)11(4)14(18)17-12-8-6-7-10(3)13(12)15(19)16-5/h6-9,11H,1-5H3,(H,16,19)(H,17,18). The van der Waals surface area contributed by atoms with Crippen LogP contribution in [0.15, 0.2) is 18.2 Å². The number of carbonyl (C=O) groups excluding carboxylic acids is 2. The van der Waals surface area contributed by atoms with E-state index in [1.165, 1.54) is 27.8 Å². The van der Waals surface area contributed by atoms with Gasteiger partial charge in [0.15, 0.2) is 9.84 Å². The van der Waals surface area contributed by atoms with Crippen molar-refractivity contribution in [3.05, 3.63) is 29.3 Å². The molecule has 1 unspecified atom stereocenters. The first-order chi connectivity index (χ1) is 10.1. The van der Waals surface area contributed by atoms with Gasteiger partial charge in [0.1, 0.15) is 5.25 Å². The predicted octanol–water partition coefficient (Wildman–Crippen LogP) is 1.50. The minimum absolute atomic E-state index is 0.301. The molecule has 0 radical (unpaired) electrons. The number of sulfone groups is 1. The molecule has 1 aromatic rings. The summed E-state index contributed by atoms with van der Waals surface area (Å²) in [6.07, 6.45) is 0. The van der Waals surface area contributed by atoms with Crippen LogP contribution in [0, 0.1) is 6.92 Å². The van der Waals surface area contributed by atoms with Crippen LogP contribution in [-0.2, 0) is 14.6 Å². The number of carbonyl (C=O) groups is 2. The van der Waals surface area contributed by atoms with Crippen molar-refractivity contribution in [3.63, 3.8) is 0 Å². The minimum atomic E-state index is -3.56. The summed E-state index contributed by atoms with van der Waals surface area (Å²) in [5.74, 6) is -0.989. The molecule has 2 N–H and O–H groups in total. The quantitative estimate of drug-likeness (QED) is 0.858. The van der Waals surface area contributed by atoms with Crippen LogP contribution in [-0.4, -0.2) is 37.8 Å². The van der Waals surface area contributed by atoms with Gasteiger partial charge in [-0.3, -0.25) is 9.59 Å². The maximum atomic E-state index is 12.2. The SMILES string of the molecule is CNC(=O)c1c(C)cccc1NC(=O)C(C)S(=O)(=O)C(C)C. The molecule has 0 aliphatic carbocycles. The summed E-state index contributed by atoms with van der Waals surface area (Å²) in [4.78, 5) is 24.1. The summed E-state index contributed by atoms with van der Waals surface area (Å²) in [5, 5.41) is 3.22. The van der Waals surface area contributed by atoms with E-state index in [9.17, 15) is 18.0 Å². The van der Waals surface area contributed by atoms with Crippen molar-refractivity contribution >= 4 is 27.3 Å². The lowest BCUT2D eigenvalue weighted by Crippen LogP contribution is -2.37. The van der Waals surface area contributed by atoms with Crippen LogP contribution in [0.3, 0.4) is 0 Å². The zero-order valence-corrected chi connectivity index (χ0v) is 14.2. The molecule has 0 aliphatic rings. The van der Waals surface area contributed by atoms with Gasteiger partial charge in [-0.2, -0.15) is 0 Å². The van der Waals surface area contributed by atoms with E-state index in [2.05, 4.69) is 10.6 Å². The third-order valence-corrected chi connectivity index (χ3v) is 6.02. The first-order valence-electron chi connectivity index (χ1n) is 6.98. The van der Waals surface area contributed by atoms with Gasteiger partial charge >= 0.3 is 0 Å². The Labute approximate surface area is 131 Å². The molecular formula is C15H22N2O4S. The average molecular weight is 326 g/mol. The second-order valence-electron chi connectivity index (χ2n) is 5.35. The fraction of sp³-hybridized carbons (Fsp3) is 0.467. The van der Waals surface area contributed by atoms with E-state index in [1.54, 1.807) is 25.1 Å². The molecule has 1 rings (SSSR count). The van der Waals surface area contributed by atoms with E-state index in [0.29, 0.717) is 16.8 Å². The van der Waals surface area contributed by atoms with E-state index in [1.807, 2.05) is 0 Å². The molecule has 2 amide bonds. The summed E-state index contributed by atoms with van der Waals surface area (Å²) in [6, 6.07) is 5.01. The van der Waals surface area contributed by atoms with Gasteiger partial charge in [0.2, 0.25) is 5.91 Å². The largest absolute Gasteiger partial charge is 0.355 e. The van der Waals surface area contributed by atoms with Gasteiger partial charge in [-0.1, -0.05) is 12.1 Å². The Bertz CT molecular complexity index is 681. The lowest BCUT2D eigenvalue weighted by Gasteiger charge is -2.17. The first kappa shape index (κ1) is 18.2. The molecule has 0 saturated carbocycles. The van der Waals surface area contributed by atoms with E-state index in [-0.39, 0.29) is 5.91 Å². The number of aryl methyl sites for hydroxylation is 1. The Morgan fingerprint density at radius 3 is 2.23 bits per heavy atom. The summed E-state index contributed by atoms with van der Waals surface area (Å²) in [5.41, 5.74) is 1.32. The summed E-state index contributed by atoms with van der Waals surface area (Å²) >= 11 is 0. The third kappa shape index (κ3) is 3.65. The second kappa shape index (κ2) is 6.91. The number of rotatable bonds is 5. The third-order valence-electron chi connectivity index (χ3n) is 3.50. The van der Waals surface area contributed by atoms with Gasteiger partial charge < -0.3 is 10.6 Å². The molecule has 6 nitrogen and oxygen atoms in total. The topological polar surface area (TPSA) is 92.3 Å². The van der Waals surface area contributed by atoms with E-state index in [4.69, 9.17) is 0 Å². The maximum absolute atomic E-state index is 12.2. The fourth-order valence-corrected chi connectivity index (χ4v) is 3.16. The Kier molecular flexibility index (Phi) is 5.71. The van der Waals surface area contributed by atoms with Gasteiger partial charge in [-0.05, 0) is 39.3 Å². The average Bonchev–Trinajstić information content (AvgIpc) is 2.45. The van der Waals surface area contributed by atoms with Gasteiger partial charge in [-0.15, -0.1) is 0 Å². The molecule has 122 valence electrons. The van der Waals surface area contributed by atoms with Crippen LogP contribution >= 0.6 is 0 Å². The van der Waals surface area contributed by atoms with Crippen molar-refractivity contribution in [1.29, 1.82) is 0 Å². The van der Waals surface area contributed by atoms with Gasteiger partial charge in [0.25, 0.3) is 5.91 Å². The second-order valence-corrected chi connectivity index (χ2v) is 8.17. The number of hydrogen-bond acceptors (Lipinski definition) is 4. The van der Waals surface area contributed by atoms with Gasteiger partial charge in [0, 0.05) is 7.05 Å². The lowest BCUT2D eigenvalue weighted by atomic mass is 10.1. The number of anilines is 1. The van der Waals surface area contributed by atoms with Crippen LogP contribution in [0.25, 0.3) is 0 Å². The molecule has 0 fully saturated rings. The molecule has 0 heterocycles.